The lowest BCUT2D eigenvalue weighted by Crippen LogP contribution is -2.25. The molecule has 0 unspecified atom stereocenters. The van der Waals surface area contributed by atoms with Crippen LogP contribution in [0.15, 0.2) is 91.2 Å². The minimum atomic E-state index is -4.50. The van der Waals surface area contributed by atoms with E-state index in [2.05, 4.69) is 0 Å². The Morgan fingerprint density at radius 1 is 0.765 bits per heavy atom. The van der Waals surface area contributed by atoms with Crippen LogP contribution in [0.2, 0.25) is 0 Å². The summed E-state index contributed by atoms with van der Waals surface area (Å²) in [6.45, 7) is 0.660. The Kier molecular flexibility index (Phi) is 10.3. The Bertz CT molecular complexity index is 2380. The molecule has 0 fully saturated rings. The summed E-state index contributed by atoms with van der Waals surface area (Å²) in [6, 6.07) is 17.1. The number of amides is 1. The lowest BCUT2D eigenvalue weighted by atomic mass is 10.1. The molecule has 4 heterocycles. The van der Waals surface area contributed by atoms with Crippen molar-refractivity contribution in [1.82, 2.24) is 0 Å². The topological polar surface area (TPSA) is 168 Å². The van der Waals surface area contributed by atoms with Crippen molar-refractivity contribution in [1.29, 1.82) is 0 Å². The number of thiophene rings is 2. The van der Waals surface area contributed by atoms with Gasteiger partial charge in [0.2, 0.25) is 0 Å². The molecule has 12 nitrogen and oxygen atoms in total. The summed E-state index contributed by atoms with van der Waals surface area (Å²) in [6.07, 6.45) is -4.50. The number of nitrogens with zero attached hydrogens (tertiary/aromatic N) is 2. The van der Waals surface area contributed by atoms with Gasteiger partial charge in [-0.3, -0.25) is 4.79 Å². The molecule has 1 amide bonds. The maximum atomic E-state index is 12.6. The van der Waals surface area contributed by atoms with E-state index in [9.17, 15) is 37.1 Å². The van der Waals surface area contributed by atoms with Crippen molar-refractivity contribution in [2.75, 3.05) is 31.0 Å². The van der Waals surface area contributed by atoms with Crippen molar-refractivity contribution in [2.45, 2.75) is 12.7 Å². The molecule has 0 spiro atoms. The van der Waals surface area contributed by atoms with Gasteiger partial charge in [-0.2, -0.15) is 13.2 Å². The summed E-state index contributed by atoms with van der Waals surface area (Å²) in [7, 11) is 4.95. The van der Waals surface area contributed by atoms with Crippen LogP contribution >= 0.6 is 22.7 Å². The van der Waals surface area contributed by atoms with Crippen LogP contribution in [0.25, 0.3) is 20.6 Å². The van der Waals surface area contributed by atoms with Gasteiger partial charge in [0, 0.05) is 38.3 Å². The van der Waals surface area contributed by atoms with Crippen molar-refractivity contribution in [3.05, 3.63) is 121 Å². The number of hydrogen-bond acceptors (Lipinski definition) is 11. The Labute approximate surface area is 292 Å². The number of fused-ring (bicyclic) bond motifs is 2. The van der Waals surface area contributed by atoms with Crippen molar-refractivity contribution >= 4 is 71.1 Å². The first-order valence-corrected chi connectivity index (χ1v) is 16.1. The number of alkyl halides is 3. The molecule has 0 radical (unpaired) electrons. The number of carboxylic acid groups (broad SMARTS) is 2. The van der Waals surface area contributed by atoms with Crippen molar-refractivity contribution < 1.29 is 51.3 Å². The number of ether oxygens (including phenoxy) is 1. The van der Waals surface area contributed by atoms with Gasteiger partial charge in [0.1, 0.15) is 21.9 Å². The number of methoxy groups -OCH3 is 1. The summed E-state index contributed by atoms with van der Waals surface area (Å²) in [4.78, 5) is 60.9. The third kappa shape index (κ3) is 8.11. The van der Waals surface area contributed by atoms with Crippen LogP contribution in [0, 0.1) is 0 Å². The number of halogens is 3. The smallest absolute Gasteiger partial charge is 0.416 e. The van der Waals surface area contributed by atoms with E-state index >= 15 is 0 Å². The van der Waals surface area contributed by atoms with Gasteiger partial charge in [-0.15, -0.1) is 22.7 Å². The zero-order valence-corrected chi connectivity index (χ0v) is 28.3. The number of carbonyl (C=O) groups excluding carboxylic acids is 1. The Hall–Kier alpha value is -5.94. The molecule has 17 heteroatoms. The molecule has 0 saturated carbocycles. The highest BCUT2D eigenvalue weighted by Gasteiger charge is 2.30. The third-order valence-corrected chi connectivity index (χ3v) is 9.65. The van der Waals surface area contributed by atoms with Crippen LogP contribution in [-0.2, 0) is 12.7 Å². The van der Waals surface area contributed by atoms with Gasteiger partial charge in [0.15, 0.2) is 11.2 Å². The van der Waals surface area contributed by atoms with E-state index in [1.807, 2.05) is 36.2 Å². The Morgan fingerprint density at radius 2 is 1.25 bits per heavy atom. The van der Waals surface area contributed by atoms with Crippen molar-refractivity contribution in [3.8, 4) is 5.75 Å². The van der Waals surface area contributed by atoms with E-state index in [-0.39, 0.29) is 16.7 Å². The lowest BCUT2D eigenvalue weighted by molar-refractivity contribution is -0.137. The molecule has 2 aromatic carbocycles. The molecule has 4 aromatic heterocycles. The maximum absolute atomic E-state index is 12.6. The number of aromatic carboxylic acids is 2. The molecule has 51 heavy (non-hydrogen) atoms. The zero-order chi connectivity index (χ0) is 37.2. The molecule has 0 aliphatic carbocycles. The maximum Gasteiger partial charge on any atom is 0.416 e. The van der Waals surface area contributed by atoms with Crippen LogP contribution in [0.5, 0.6) is 5.75 Å². The normalized spacial score (nSPS) is 11.2. The number of anilines is 2. The van der Waals surface area contributed by atoms with E-state index in [1.54, 1.807) is 13.2 Å². The van der Waals surface area contributed by atoms with E-state index in [4.69, 9.17) is 23.8 Å². The largest absolute Gasteiger partial charge is 0.497 e. The summed E-state index contributed by atoms with van der Waals surface area (Å²) in [5.41, 5.74) is -1.97. The van der Waals surface area contributed by atoms with E-state index < -0.39 is 46.4 Å². The molecule has 0 bridgehead atoms. The van der Waals surface area contributed by atoms with Gasteiger partial charge >= 0.3 is 29.4 Å². The number of carboxylic acids is 2. The molecule has 2 N–H and O–H groups in total. The van der Waals surface area contributed by atoms with E-state index in [0.29, 0.717) is 26.5 Å². The average molecular weight is 743 g/mol. The minimum absolute atomic E-state index is 0.0376. The number of carbonyl (C=O) groups is 3. The second kappa shape index (κ2) is 14.5. The molecule has 0 saturated heterocycles. The first-order chi connectivity index (χ1) is 24.0. The highest BCUT2D eigenvalue weighted by molar-refractivity contribution is 7.23. The second-order valence-corrected chi connectivity index (χ2v) is 12.9. The quantitative estimate of drug-likeness (QED) is 0.164. The fourth-order valence-corrected chi connectivity index (χ4v) is 6.61. The summed E-state index contributed by atoms with van der Waals surface area (Å²) in [5.74, 6) is -2.50. The second-order valence-electron chi connectivity index (χ2n) is 10.8. The first-order valence-electron chi connectivity index (χ1n) is 14.5. The SMILES string of the molecule is CN(C(=O)c1ccc(C(F)(F)F)cc1)c1cc2oc(=O)c(C(=O)O)cc2s1.COc1ccc(CN(C)c2cc3oc(=O)c(C(=O)O)cc3s2)cc1. The van der Waals surface area contributed by atoms with Crippen LogP contribution in [0.3, 0.4) is 0 Å². The van der Waals surface area contributed by atoms with Gasteiger partial charge in [-0.1, -0.05) is 12.1 Å². The number of benzene rings is 2. The molecule has 0 aliphatic rings. The minimum Gasteiger partial charge on any atom is -0.497 e. The van der Waals surface area contributed by atoms with E-state index in [1.165, 1.54) is 35.4 Å². The standard InChI is InChI=1S/C17H10F3NO5S.C17H15NO5S/c1-21(14(22)8-2-4-9(5-3-8)17(18,19)20)13-7-11-12(27-13)6-10(15(23)24)16(25)26-11;1-18(9-10-3-5-11(22-2)6-4-10)15-8-13-14(24-15)7-12(16(19)20)17(21)23-13/h2-7H,1H3,(H,23,24);3-8H,9H2,1-2H3,(H,19,20). The van der Waals surface area contributed by atoms with Gasteiger partial charge < -0.3 is 33.6 Å². The number of hydrogen-bond donors (Lipinski definition) is 2. The Balaban J connectivity index is 0.000000199. The van der Waals surface area contributed by atoms with Gasteiger partial charge in [0.05, 0.1) is 27.1 Å². The van der Waals surface area contributed by atoms with Crippen LogP contribution < -0.4 is 25.8 Å². The molecule has 0 atom stereocenters. The third-order valence-electron chi connectivity index (χ3n) is 7.33. The fraction of sp³-hybridized carbons (Fsp3) is 0.147. The molecule has 6 rings (SSSR count). The average Bonchev–Trinajstić information content (AvgIpc) is 3.70. The fourth-order valence-electron chi connectivity index (χ4n) is 4.63. The van der Waals surface area contributed by atoms with E-state index in [0.717, 1.165) is 58.0 Å². The molecule has 264 valence electrons. The number of rotatable bonds is 8. The van der Waals surface area contributed by atoms with Crippen LogP contribution in [0.4, 0.5) is 23.2 Å². The summed E-state index contributed by atoms with van der Waals surface area (Å²) >= 11 is 2.38. The molecule has 6 aromatic rings. The first kappa shape index (κ1) is 36.3. The van der Waals surface area contributed by atoms with Crippen molar-refractivity contribution in [3.63, 3.8) is 0 Å². The Morgan fingerprint density at radius 3 is 1.73 bits per heavy atom. The monoisotopic (exact) mass is 742 g/mol. The van der Waals surface area contributed by atoms with Crippen LogP contribution in [0.1, 0.15) is 42.2 Å². The summed E-state index contributed by atoms with van der Waals surface area (Å²) in [5, 5.41) is 19.2. The zero-order valence-electron chi connectivity index (χ0n) is 26.6. The van der Waals surface area contributed by atoms with Gasteiger partial charge in [0.25, 0.3) is 5.91 Å². The lowest BCUT2D eigenvalue weighted by Gasteiger charge is -2.16. The van der Waals surface area contributed by atoms with Gasteiger partial charge in [-0.25, -0.2) is 19.2 Å². The predicted octanol–water partition coefficient (Wildman–Crippen LogP) is 7.05. The highest BCUT2D eigenvalue weighted by atomic mass is 32.1. The van der Waals surface area contributed by atoms with Crippen LogP contribution in [-0.4, -0.2) is 49.3 Å². The highest BCUT2D eigenvalue weighted by Crippen LogP contribution is 2.34. The van der Waals surface area contributed by atoms with Gasteiger partial charge in [-0.05, 0) is 54.1 Å². The van der Waals surface area contributed by atoms with Crippen molar-refractivity contribution in [2.24, 2.45) is 0 Å². The molecular formula is C34H25F3N2O10S2. The predicted molar refractivity (Wildman–Crippen MR) is 184 cm³/mol. The molecule has 0 aliphatic heterocycles. The summed E-state index contributed by atoms with van der Waals surface area (Å²) < 4.78 is 54.0. The molecular weight excluding hydrogens is 718 g/mol.